The van der Waals surface area contributed by atoms with Crippen molar-refractivity contribution in [1.82, 2.24) is 20.1 Å². The van der Waals surface area contributed by atoms with Crippen molar-refractivity contribution in [1.29, 1.82) is 0 Å². The van der Waals surface area contributed by atoms with Crippen molar-refractivity contribution in [2.24, 2.45) is 0 Å². The number of carbonyl (C=O) groups is 1. The van der Waals surface area contributed by atoms with Crippen molar-refractivity contribution in [3.63, 3.8) is 0 Å². The van der Waals surface area contributed by atoms with E-state index in [1.165, 1.54) is 6.33 Å². The quantitative estimate of drug-likeness (QED) is 0.872. The zero-order chi connectivity index (χ0) is 16.8. The van der Waals surface area contributed by atoms with E-state index in [-0.39, 0.29) is 11.9 Å². The number of aromatic nitrogens is 3. The predicted molar refractivity (Wildman–Crippen MR) is 94.1 cm³/mol. The number of hydrogen-bond donors (Lipinski definition) is 1. The summed E-state index contributed by atoms with van der Waals surface area (Å²) in [5.74, 6) is 0.0983. The number of carbonyl (C=O) groups excluding carboxylic acids is 1. The van der Waals surface area contributed by atoms with E-state index in [1.807, 2.05) is 24.3 Å². The van der Waals surface area contributed by atoms with E-state index >= 15 is 0 Å². The van der Waals surface area contributed by atoms with Gasteiger partial charge in [0.2, 0.25) is 5.91 Å². The van der Waals surface area contributed by atoms with Gasteiger partial charge in [-0.3, -0.25) is 9.48 Å². The minimum atomic E-state index is 0.0983. The SMILES string of the molecule is O=C(CCCn1cncn1)NC1CCCN(c2ccccc2Cl)C1. The lowest BCUT2D eigenvalue weighted by molar-refractivity contribution is -0.122. The Hall–Kier alpha value is -2.08. The first-order valence-corrected chi connectivity index (χ1v) is 8.71. The largest absolute Gasteiger partial charge is 0.368 e. The highest BCUT2D eigenvalue weighted by Crippen LogP contribution is 2.27. The van der Waals surface area contributed by atoms with Gasteiger partial charge in [0, 0.05) is 32.1 Å². The van der Waals surface area contributed by atoms with Crippen molar-refractivity contribution >= 4 is 23.2 Å². The fourth-order valence-corrected chi connectivity index (χ4v) is 3.33. The number of nitrogens with one attached hydrogen (secondary N) is 1. The third-order valence-corrected chi connectivity index (χ3v) is 4.56. The van der Waals surface area contributed by atoms with Gasteiger partial charge in [0.1, 0.15) is 12.7 Å². The number of para-hydroxylation sites is 1. The molecule has 0 aliphatic carbocycles. The first-order valence-electron chi connectivity index (χ1n) is 8.33. The number of hydrogen-bond acceptors (Lipinski definition) is 4. The van der Waals surface area contributed by atoms with Crippen LogP contribution in [0.25, 0.3) is 0 Å². The highest BCUT2D eigenvalue weighted by atomic mass is 35.5. The molecule has 1 aromatic carbocycles. The van der Waals surface area contributed by atoms with Gasteiger partial charge in [-0.2, -0.15) is 5.10 Å². The van der Waals surface area contributed by atoms with Gasteiger partial charge in [0.15, 0.2) is 0 Å². The third kappa shape index (κ3) is 4.47. The third-order valence-electron chi connectivity index (χ3n) is 4.24. The van der Waals surface area contributed by atoms with Crippen LogP contribution in [0.3, 0.4) is 0 Å². The van der Waals surface area contributed by atoms with Crippen LogP contribution in [-0.2, 0) is 11.3 Å². The molecule has 7 heteroatoms. The maximum atomic E-state index is 12.1. The highest BCUT2D eigenvalue weighted by molar-refractivity contribution is 6.33. The van der Waals surface area contributed by atoms with Crippen molar-refractivity contribution in [3.8, 4) is 0 Å². The number of piperidine rings is 1. The summed E-state index contributed by atoms with van der Waals surface area (Å²) in [4.78, 5) is 18.3. The molecule has 0 saturated carbocycles. The van der Waals surface area contributed by atoms with Crippen LogP contribution in [-0.4, -0.2) is 39.8 Å². The van der Waals surface area contributed by atoms with Crippen LogP contribution in [0.2, 0.25) is 5.02 Å². The molecule has 2 aromatic rings. The average Bonchev–Trinajstić information content (AvgIpc) is 3.09. The maximum Gasteiger partial charge on any atom is 0.220 e. The van der Waals surface area contributed by atoms with Crippen LogP contribution in [0.5, 0.6) is 0 Å². The summed E-state index contributed by atoms with van der Waals surface area (Å²) in [5.41, 5.74) is 1.05. The summed E-state index contributed by atoms with van der Waals surface area (Å²) >= 11 is 6.29. The lowest BCUT2D eigenvalue weighted by atomic mass is 10.0. The van der Waals surface area contributed by atoms with Gasteiger partial charge in [0.25, 0.3) is 0 Å². The van der Waals surface area contributed by atoms with Gasteiger partial charge in [-0.25, -0.2) is 4.98 Å². The number of anilines is 1. The summed E-state index contributed by atoms with van der Waals surface area (Å²) in [5, 5.41) is 7.95. The molecule has 1 atom stereocenters. The Morgan fingerprint density at radius 3 is 3.04 bits per heavy atom. The molecule has 1 aliphatic rings. The van der Waals surface area contributed by atoms with Crippen molar-refractivity contribution in [2.75, 3.05) is 18.0 Å². The Bertz CT molecular complexity index is 661. The maximum absolute atomic E-state index is 12.1. The molecule has 0 radical (unpaired) electrons. The van der Waals surface area contributed by atoms with Gasteiger partial charge in [0.05, 0.1) is 10.7 Å². The van der Waals surface area contributed by atoms with Crippen molar-refractivity contribution in [2.45, 2.75) is 38.3 Å². The first-order chi connectivity index (χ1) is 11.7. The van der Waals surface area contributed by atoms with Gasteiger partial charge in [-0.15, -0.1) is 0 Å². The summed E-state index contributed by atoms with van der Waals surface area (Å²) in [7, 11) is 0. The second-order valence-electron chi connectivity index (χ2n) is 6.07. The number of benzene rings is 1. The molecule has 2 heterocycles. The first kappa shape index (κ1) is 16.8. The van der Waals surface area contributed by atoms with Crippen LogP contribution in [0, 0.1) is 0 Å². The molecule has 24 heavy (non-hydrogen) atoms. The minimum absolute atomic E-state index is 0.0983. The normalized spacial score (nSPS) is 17.7. The Morgan fingerprint density at radius 2 is 2.25 bits per heavy atom. The number of rotatable bonds is 6. The molecular weight excluding hydrogens is 326 g/mol. The molecule has 128 valence electrons. The molecule has 1 N–H and O–H groups in total. The Kier molecular flexibility index (Phi) is 5.69. The van der Waals surface area contributed by atoms with Gasteiger partial charge >= 0.3 is 0 Å². The molecule has 0 spiro atoms. The van der Waals surface area contributed by atoms with E-state index in [0.717, 1.165) is 43.1 Å². The van der Waals surface area contributed by atoms with Crippen molar-refractivity contribution in [3.05, 3.63) is 41.9 Å². The molecule has 1 fully saturated rings. The van der Waals surface area contributed by atoms with Crippen LogP contribution >= 0.6 is 11.6 Å². The topological polar surface area (TPSA) is 63.1 Å². The van der Waals surface area contributed by atoms with Crippen molar-refractivity contribution < 1.29 is 4.79 Å². The Balaban J connectivity index is 1.46. The summed E-state index contributed by atoms with van der Waals surface area (Å²) < 4.78 is 1.74. The molecule has 1 saturated heterocycles. The zero-order valence-electron chi connectivity index (χ0n) is 13.6. The highest BCUT2D eigenvalue weighted by Gasteiger charge is 2.22. The van der Waals surface area contributed by atoms with Gasteiger partial charge in [-0.05, 0) is 31.4 Å². The summed E-state index contributed by atoms with van der Waals surface area (Å²) in [6.45, 7) is 2.49. The number of halogens is 1. The Labute approximate surface area is 146 Å². The van der Waals surface area contributed by atoms with E-state index < -0.39 is 0 Å². The van der Waals surface area contributed by atoms with Crippen LogP contribution in [0.15, 0.2) is 36.9 Å². The lowest BCUT2D eigenvalue weighted by Crippen LogP contribution is -2.47. The summed E-state index contributed by atoms with van der Waals surface area (Å²) in [6.07, 6.45) is 6.50. The molecule has 1 aromatic heterocycles. The minimum Gasteiger partial charge on any atom is -0.368 e. The van der Waals surface area contributed by atoms with E-state index in [2.05, 4.69) is 20.3 Å². The van der Waals surface area contributed by atoms with E-state index in [1.54, 1.807) is 11.0 Å². The number of amides is 1. The summed E-state index contributed by atoms with van der Waals surface area (Å²) in [6, 6.07) is 8.04. The smallest absolute Gasteiger partial charge is 0.220 e. The average molecular weight is 348 g/mol. The second kappa shape index (κ2) is 8.15. The fraction of sp³-hybridized carbons (Fsp3) is 0.471. The second-order valence-corrected chi connectivity index (χ2v) is 6.47. The van der Waals surface area contributed by atoms with E-state index in [9.17, 15) is 4.79 Å². The molecule has 6 nitrogen and oxygen atoms in total. The van der Waals surface area contributed by atoms with E-state index in [4.69, 9.17) is 11.6 Å². The van der Waals surface area contributed by atoms with E-state index in [0.29, 0.717) is 13.0 Å². The van der Waals surface area contributed by atoms with Crippen LogP contribution < -0.4 is 10.2 Å². The molecule has 1 aliphatic heterocycles. The fourth-order valence-electron chi connectivity index (χ4n) is 3.07. The van der Waals surface area contributed by atoms with Crippen LogP contribution in [0.4, 0.5) is 5.69 Å². The predicted octanol–water partition coefficient (Wildman–Crippen LogP) is 2.50. The van der Waals surface area contributed by atoms with Gasteiger partial charge < -0.3 is 10.2 Å². The molecule has 1 amide bonds. The number of aryl methyl sites for hydroxylation is 1. The Morgan fingerprint density at radius 1 is 1.38 bits per heavy atom. The molecule has 3 rings (SSSR count). The number of nitrogens with zero attached hydrogens (tertiary/aromatic N) is 4. The van der Waals surface area contributed by atoms with Crippen LogP contribution in [0.1, 0.15) is 25.7 Å². The van der Waals surface area contributed by atoms with Gasteiger partial charge in [-0.1, -0.05) is 23.7 Å². The zero-order valence-corrected chi connectivity index (χ0v) is 14.3. The standard InChI is InChI=1S/C17H22ClN5O/c18-15-6-1-2-7-16(15)22-9-3-5-14(11-22)21-17(24)8-4-10-23-13-19-12-20-23/h1-2,6-7,12-14H,3-5,8-11H2,(H,21,24). The molecule has 0 bridgehead atoms. The molecule has 1 unspecified atom stereocenters. The molecular formula is C17H22ClN5O. The monoisotopic (exact) mass is 347 g/mol. The lowest BCUT2D eigenvalue weighted by Gasteiger charge is -2.35.